The van der Waals surface area contributed by atoms with Gasteiger partial charge in [0.05, 0.1) is 24.4 Å². The molecule has 0 fully saturated rings. The van der Waals surface area contributed by atoms with E-state index in [1.165, 1.54) is 0 Å². The molecule has 0 radical (unpaired) electrons. The van der Waals surface area contributed by atoms with Gasteiger partial charge in [0.15, 0.2) is 0 Å². The van der Waals surface area contributed by atoms with Crippen LogP contribution in [0.1, 0.15) is 22.3 Å². The molecular formula is C23H28O7. The Labute approximate surface area is 175 Å². The lowest BCUT2D eigenvalue weighted by atomic mass is 9.87. The van der Waals surface area contributed by atoms with E-state index >= 15 is 0 Å². The van der Waals surface area contributed by atoms with E-state index in [2.05, 4.69) is 0 Å². The molecule has 5 N–H and O–H groups in total. The zero-order chi connectivity index (χ0) is 21.3. The van der Waals surface area contributed by atoms with Crippen molar-refractivity contribution in [2.24, 2.45) is 0 Å². The van der Waals surface area contributed by atoms with E-state index in [0.29, 0.717) is 37.2 Å². The Morgan fingerprint density at radius 2 is 1.07 bits per heavy atom. The standard InChI is InChI=1S/C23H28O7/c24-15(11-29-22-5-1-3-13-7-18(25)20(27)9-16(13)22)12-30-23-6-2-4-14-8-19(26)21(28)10-17(14)23/h1-6,15,18-21,24-28H,7-12H2. The Morgan fingerprint density at radius 3 is 1.50 bits per heavy atom. The summed E-state index contributed by atoms with van der Waals surface area (Å²) in [5.41, 5.74) is 3.58. The van der Waals surface area contributed by atoms with Gasteiger partial charge in [0.1, 0.15) is 30.8 Å². The third-order valence-electron chi connectivity index (χ3n) is 5.90. The molecule has 2 aliphatic carbocycles. The third kappa shape index (κ3) is 4.45. The number of fused-ring (bicyclic) bond motifs is 2. The molecule has 7 heteroatoms. The highest BCUT2D eigenvalue weighted by Gasteiger charge is 2.28. The van der Waals surface area contributed by atoms with Crippen LogP contribution in [0.4, 0.5) is 0 Å². The molecule has 162 valence electrons. The Kier molecular flexibility index (Phi) is 6.26. The maximum Gasteiger partial charge on any atom is 0.123 e. The zero-order valence-electron chi connectivity index (χ0n) is 16.6. The van der Waals surface area contributed by atoms with Crippen LogP contribution in [0.15, 0.2) is 36.4 Å². The summed E-state index contributed by atoms with van der Waals surface area (Å²) in [6.45, 7) is 0.0386. The lowest BCUT2D eigenvalue weighted by Crippen LogP contribution is -2.35. The van der Waals surface area contributed by atoms with Gasteiger partial charge in [-0.3, -0.25) is 0 Å². The van der Waals surface area contributed by atoms with Gasteiger partial charge >= 0.3 is 0 Å². The highest BCUT2D eigenvalue weighted by molar-refractivity contribution is 5.44. The predicted molar refractivity (Wildman–Crippen MR) is 109 cm³/mol. The molecule has 0 bridgehead atoms. The molecule has 4 unspecified atom stereocenters. The molecule has 2 aliphatic rings. The van der Waals surface area contributed by atoms with Gasteiger partial charge in [0.2, 0.25) is 0 Å². The molecule has 0 saturated carbocycles. The van der Waals surface area contributed by atoms with Crippen LogP contribution >= 0.6 is 0 Å². The first-order valence-electron chi connectivity index (χ1n) is 10.3. The summed E-state index contributed by atoms with van der Waals surface area (Å²) < 4.78 is 11.6. The lowest BCUT2D eigenvalue weighted by molar-refractivity contribution is 0.0122. The number of ether oxygens (including phenoxy) is 2. The molecule has 4 atom stereocenters. The largest absolute Gasteiger partial charge is 0.490 e. The number of aliphatic hydroxyl groups excluding tert-OH is 5. The molecule has 0 amide bonds. The third-order valence-corrected chi connectivity index (χ3v) is 5.90. The van der Waals surface area contributed by atoms with Crippen molar-refractivity contribution in [2.45, 2.75) is 56.2 Å². The van der Waals surface area contributed by atoms with Gasteiger partial charge in [-0.05, 0) is 23.3 Å². The maximum atomic E-state index is 10.3. The average molecular weight is 416 g/mol. The van der Waals surface area contributed by atoms with Gasteiger partial charge in [-0.2, -0.15) is 0 Å². The van der Waals surface area contributed by atoms with E-state index in [1.807, 2.05) is 24.3 Å². The smallest absolute Gasteiger partial charge is 0.123 e. The van der Waals surface area contributed by atoms with Gasteiger partial charge in [-0.25, -0.2) is 0 Å². The SMILES string of the molecule is OC(COc1cccc2c1CC(O)C(O)C2)COc1cccc2c1CC(O)C(O)C2. The molecule has 30 heavy (non-hydrogen) atoms. The maximum absolute atomic E-state index is 10.3. The highest BCUT2D eigenvalue weighted by atomic mass is 16.5. The zero-order valence-corrected chi connectivity index (χ0v) is 16.6. The van der Waals surface area contributed by atoms with Crippen molar-refractivity contribution in [3.63, 3.8) is 0 Å². The van der Waals surface area contributed by atoms with Gasteiger partial charge in [0, 0.05) is 36.8 Å². The summed E-state index contributed by atoms with van der Waals surface area (Å²) in [4.78, 5) is 0. The minimum Gasteiger partial charge on any atom is -0.490 e. The molecule has 0 spiro atoms. The Hall–Kier alpha value is -2.16. The van der Waals surface area contributed by atoms with Crippen LogP contribution in [0.3, 0.4) is 0 Å². The Balaban J connectivity index is 1.36. The van der Waals surface area contributed by atoms with E-state index < -0.39 is 30.5 Å². The molecule has 0 heterocycles. The van der Waals surface area contributed by atoms with Crippen LogP contribution in [0.25, 0.3) is 0 Å². The second kappa shape index (κ2) is 8.91. The van der Waals surface area contributed by atoms with E-state index in [-0.39, 0.29) is 13.2 Å². The van der Waals surface area contributed by atoms with Gasteiger partial charge in [-0.15, -0.1) is 0 Å². The summed E-state index contributed by atoms with van der Waals surface area (Å²) in [5, 5.41) is 50.0. The molecule has 2 aromatic carbocycles. The number of hydrogen-bond acceptors (Lipinski definition) is 7. The van der Waals surface area contributed by atoms with Crippen molar-refractivity contribution in [3.8, 4) is 11.5 Å². The van der Waals surface area contributed by atoms with Crippen molar-refractivity contribution < 1.29 is 35.0 Å². The summed E-state index contributed by atoms with van der Waals surface area (Å²) in [6.07, 6.45) is -2.71. The second-order valence-electron chi connectivity index (χ2n) is 8.15. The summed E-state index contributed by atoms with van der Waals surface area (Å²) >= 11 is 0. The van der Waals surface area contributed by atoms with Crippen molar-refractivity contribution in [1.82, 2.24) is 0 Å². The van der Waals surface area contributed by atoms with Crippen molar-refractivity contribution >= 4 is 0 Å². The van der Waals surface area contributed by atoms with Gasteiger partial charge in [-0.1, -0.05) is 24.3 Å². The van der Waals surface area contributed by atoms with E-state index in [4.69, 9.17) is 9.47 Å². The van der Waals surface area contributed by atoms with Crippen molar-refractivity contribution in [3.05, 3.63) is 58.7 Å². The Morgan fingerprint density at radius 1 is 0.667 bits per heavy atom. The van der Waals surface area contributed by atoms with Gasteiger partial charge in [0.25, 0.3) is 0 Å². The fraction of sp³-hybridized carbons (Fsp3) is 0.478. The summed E-state index contributed by atoms with van der Waals surface area (Å²) in [5.74, 6) is 1.18. The predicted octanol–water partition coefficient (Wildman–Crippen LogP) is 0.146. The monoisotopic (exact) mass is 416 g/mol. The highest BCUT2D eigenvalue weighted by Crippen LogP contribution is 2.31. The Bertz CT molecular complexity index is 812. The number of rotatable bonds is 6. The van der Waals surface area contributed by atoms with E-state index in [0.717, 1.165) is 22.3 Å². The second-order valence-corrected chi connectivity index (χ2v) is 8.15. The molecular weight excluding hydrogens is 388 g/mol. The van der Waals surface area contributed by atoms with Crippen LogP contribution < -0.4 is 9.47 Å². The fourth-order valence-corrected chi connectivity index (χ4v) is 4.17. The lowest BCUT2D eigenvalue weighted by Gasteiger charge is -2.28. The first kappa shape index (κ1) is 21.1. The molecule has 0 aromatic heterocycles. The van der Waals surface area contributed by atoms with Crippen LogP contribution in [-0.4, -0.2) is 69.3 Å². The van der Waals surface area contributed by atoms with Crippen LogP contribution in [0.5, 0.6) is 11.5 Å². The van der Waals surface area contributed by atoms with Crippen molar-refractivity contribution in [1.29, 1.82) is 0 Å². The molecule has 0 aliphatic heterocycles. The number of aliphatic hydroxyl groups is 5. The normalized spacial score (nSPS) is 26.4. The first-order chi connectivity index (χ1) is 14.4. The molecule has 0 saturated heterocycles. The summed E-state index contributed by atoms with van der Waals surface area (Å²) in [7, 11) is 0. The van der Waals surface area contributed by atoms with Crippen LogP contribution in [0, 0.1) is 0 Å². The fourth-order valence-electron chi connectivity index (χ4n) is 4.17. The minimum absolute atomic E-state index is 0.0193. The minimum atomic E-state index is -0.880. The number of benzene rings is 2. The first-order valence-corrected chi connectivity index (χ1v) is 10.3. The molecule has 7 nitrogen and oxygen atoms in total. The van der Waals surface area contributed by atoms with Gasteiger partial charge < -0.3 is 35.0 Å². The van der Waals surface area contributed by atoms with E-state index in [1.54, 1.807) is 12.1 Å². The molecule has 4 rings (SSSR count). The van der Waals surface area contributed by atoms with Crippen molar-refractivity contribution in [2.75, 3.05) is 13.2 Å². The van der Waals surface area contributed by atoms with Crippen LogP contribution in [0.2, 0.25) is 0 Å². The summed E-state index contributed by atoms with van der Waals surface area (Å²) in [6, 6.07) is 11.0. The topological polar surface area (TPSA) is 120 Å². The van der Waals surface area contributed by atoms with Crippen LogP contribution in [-0.2, 0) is 25.7 Å². The number of hydrogen-bond donors (Lipinski definition) is 5. The van der Waals surface area contributed by atoms with E-state index in [9.17, 15) is 25.5 Å². The average Bonchev–Trinajstić information content (AvgIpc) is 2.72. The molecule has 2 aromatic rings. The quantitative estimate of drug-likeness (QED) is 0.455.